The Bertz CT molecular complexity index is 1520. The van der Waals surface area contributed by atoms with Crippen LogP contribution in [0.4, 0.5) is 11.4 Å². The number of ether oxygens (including phenoxy) is 1. The largest absolute Gasteiger partial charge is 0.481 e. The number of hydrogen-bond acceptors (Lipinski definition) is 6. The summed E-state index contributed by atoms with van der Waals surface area (Å²) in [6, 6.07) is 16.4. The molecule has 11 heteroatoms. The lowest BCUT2D eigenvalue weighted by Crippen LogP contribution is -2.52. The first kappa shape index (κ1) is 26.6. The summed E-state index contributed by atoms with van der Waals surface area (Å²) < 4.78 is 6.12. The molecule has 3 atom stereocenters. The Balaban J connectivity index is 1.60. The van der Waals surface area contributed by atoms with Crippen LogP contribution in [0.25, 0.3) is 0 Å². The van der Waals surface area contributed by atoms with Crippen LogP contribution in [0.15, 0.2) is 66.7 Å². The van der Waals surface area contributed by atoms with Gasteiger partial charge >= 0.3 is 5.97 Å². The van der Waals surface area contributed by atoms with Crippen LogP contribution in [0.1, 0.15) is 39.3 Å². The van der Waals surface area contributed by atoms with Crippen molar-refractivity contribution < 1.29 is 33.8 Å². The van der Waals surface area contributed by atoms with Gasteiger partial charge in [0.15, 0.2) is 0 Å². The summed E-state index contributed by atoms with van der Waals surface area (Å²) in [6.07, 6.45) is -1.33. The zero-order valence-electron chi connectivity index (χ0n) is 20.2. The molecule has 1 aliphatic carbocycles. The van der Waals surface area contributed by atoms with Crippen molar-refractivity contribution in [2.75, 3.05) is 10.6 Å². The quantitative estimate of drug-likeness (QED) is 0.377. The number of rotatable bonds is 5. The molecule has 1 spiro atoms. The third-order valence-electron chi connectivity index (χ3n) is 6.84. The number of carboxylic acids is 1. The van der Waals surface area contributed by atoms with Crippen molar-refractivity contribution in [3.05, 3.63) is 93.5 Å². The minimum Gasteiger partial charge on any atom is -0.481 e. The van der Waals surface area contributed by atoms with Gasteiger partial charge in [0, 0.05) is 29.4 Å². The maximum Gasteiger partial charge on any atom is 0.311 e. The minimum absolute atomic E-state index is 0.0243. The second kappa shape index (κ2) is 9.92. The zero-order chi connectivity index (χ0) is 28.1. The predicted octanol–water partition coefficient (Wildman–Crippen LogP) is 4.80. The van der Waals surface area contributed by atoms with Crippen LogP contribution >= 0.6 is 23.2 Å². The van der Waals surface area contributed by atoms with E-state index in [9.17, 15) is 29.1 Å². The lowest BCUT2D eigenvalue weighted by molar-refractivity contribution is -0.147. The van der Waals surface area contributed by atoms with E-state index < -0.39 is 47.0 Å². The summed E-state index contributed by atoms with van der Waals surface area (Å²) in [5.74, 6) is -7.64. The molecule has 1 saturated heterocycles. The molecule has 2 aliphatic rings. The number of ketones is 2. The molecular weight excluding hydrogens is 547 g/mol. The number of carboxylic acid groups (broad SMARTS) is 1. The van der Waals surface area contributed by atoms with E-state index in [1.54, 1.807) is 24.3 Å². The van der Waals surface area contributed by atoms with E-state index in [2.05, 4.69) is 10.6 Å². The van der Waals surface area contributed by atoms with E-state index >= 15 is 0 Å². The highest BCUT2D eigenvalue weighted by atomic mass is 35.5. The summed E-state index contributed by atoms with van der Waals surface area (Å²) in [4.78, 5) is 65.2. The molecule has 1 heterocycles. The second-order valence-electron chi connectivity index (χ2n) is 9.24. The van der Waals surface area contributed by atoms with Crippen LogP contribution in [0.3, 0.4) is 0 Å². The first-order valence-electron chi connectivity index (χ1n) is 11.8. The molecule has 39 heavy (non-hydrogen) atoms. The van der Waals surface area contributed by atoms with Crippen molar-refractivity contribution in [2.45, 2.75) is 18.6 Å². The average molecular weight is 567 g/mol. The molecule has 9 nitrogen and oxygen atoms in total. The Morgan fingerprint density at radius 2 is 1.41 bits per heavy atom. The number of anilines is 2. The molecule has 198 valence electrons. The molecule has 0 aromatic heterocycles. The van der Waals surface area contributed by atoms with Crippen LogP contribution in [-0.4, -0.2) is 40.1 Å². The number of nitrogens with one attached hydrogen (secondary N) is 2. The highest BCUT2D eigenvalue weighted by molar-refractivity contribution is 6.42. The molecule has 3 aromatic carbocycles. The highest BCUT2D eigenvalue weighted by Crippen LogP contribution is 2.54. The van der Waals surface area contributed by atoms with E-state index in [4.69, 9.17) is 27.9 Å². The van der Waals surface area contributed by atoms with Gasteiger partial charge in [-0.25, -0.2) is 0 Å². The van der Waals surface area contributed by atoms with Crippen LogP contribution in [-0.2, 0) is 19.1 Å². The average Bonchev–Trinajstić information content (AvgIpc) is 3.37. The zero-order valence-corrected chi connectivity index (χ0v) is 21.7. The monoisotopic (exact) mass is 566 g/mol. The Morgan fingerprint density at radius 3 is 1.92 bits per heavy atom. The molecule has 0 bridgehead atoms. The van der Waals surface area contributed by atoms with Gasteiger partial charge in [0.05, 0.1) is 22.1 Å². The maximum atomic E-state index is 13.7. The Labute approximate surface area is 232 Å². The molecular formula is C28H20Cl2N2O7. The molecule has 1 aliphatic heterocycles. The fourth-order valence-corrected chi connectivity index (χ4v) is 5.50. The van der Waals surface area contributed by atoms with Gasteiger partial charge in [0.2, 0.25) is 29.0 Å². The summed E-state index contributed by atoms with van der Waals surface area (Å²) in [6.45, 7) is 1.35. The van der Waals surface area contributed by atoms with Crippen LogP contribution in [0, 0.1) is 11.8 Å². The first-order valence-corrected chi connectivity index (χ1v) is 12.5. The van der Waals surface area contributed by atoms with Crippen LogP contribution < -0.4 is 10.6 Å². The van der Waals surface area contributed by atoms with Crippen molar-refractivity contribution in [1.82, 2.24) is 0 Å². The number of fused-ring (bicyclic) bond motifs is 1. The molecule has 0 unspecified atom stereocenters. The van der Waals surface area contributed by atoms with Gasteiger partial charge in [0.25, 0.3) is 0 Å². The van der Waals surface area contributed by atoms with Crippen molar-refractivity contribution in [3.63, 3.8) is 0 Å². The van der Waals surface area contributed by atoms with Crippen molar-refractivity contribution in [1.29, 1.82) is 0 Å². The standard InChI is InChI=1S/C28H20Cl2N2O7/c1-13(33)31-15-7-9-16(10-8-15)32-26(36)21-22(27(37)38)28(24(34)17-4-2-3-5-18(17)25(28)35)39-23(21)14-6-11-19(29)20(30)12-14/h2-12,21-23H,1H3,(H,31,33)(H,32,36)(H,37,38)/t21-,22-,23-/m0/s1. The first-order chi connectivity index (χ1) is 18.5. The number of amides is 2. The predicted molar refractivity (Wildman–Crippen MR) is 142 cm³/mol. The third kappa shape index (κ3) is 4.38. The van der Waals surface area contributed by atoms with Gasteiger partial charge in [-0.15, -0.1) is 0 Å². The normalized spacial score (nSPS) is 21.1. The van der Waals surface area contributed by atoms with Gasteiger partial charge in [-0.05, 0) is 42.0 Å². The third-order valence-corrected chi connectivity index (χ3v) is 7.58. The fourth-order valence-electron chi connectivity index (χ4n) is 5.19. The molecule has 5 rings (SSSR count). The number of halogens is 2. The molecule has 3 aromatic rings. The minimum atomic E-state index is -2.45. The Hall–Kier alpha value is -4.05. The summed E-state index contributed by atoms with van der Waals surface area (Å²) in [5.41, 5.74) is -1.36. The number of aliphatic carboxylic acids is 1. The van der Waals surface area contributed by atoms with E-state index in [0.717, 1.165) is 0 Å². The number of carbonyl (C=O) groups is 5. The van der Waals surface area contributed by atoms with Crippen LogP contribution in [0.5, 0.6) is 0 Å². The Kier molecular flexibility index (Phi) is 6.76. The van der Waals surface area contributed by atoms with E-state index in [0.29, 0.717) is 11.4 Å². The van der Waals surface area contributed by atoms with Crippen molar-refractivity contribution >= 4 is 63.9 Å². The van der Waals surface area contributed by atoms with Gasteiger partial charge in [-0.1, -0.05) is 53.5 Å². The molecule has 1 fully saturated rings. The lowest BCUT2D eigenvalue weighted by Gasteiger charge is -2.25. The van der Waals surface area contributed by atoms with Crippen molar-refractivity contribution in [3.8, 4) is 0 Å². The molecule has 0 radical (unpaired) electrons. The topological polar surface area (TPSA) is 139 Å². The second-order valence-corrected chi connectivity index (χ2v) is 10.1. The Morgan fingerprint density at radius 1 is 0.846 bits per heavy atom. The molecule has 2 amide bonds. The summed E-state index contributed by atoms with van der Waals surface area (Å²) in [7, 11) is 0. The number of hydrogen-bond donors (Lipinski definition) is 3. The van der Waals surface area contributed by atoms with Gasteiger partial charge in [-0.3, -0.25) is 24.0 Å². The number of carbonyl (C=O) groups excluding carboxylic acids is 4. The van der Waals surface area contributed by atoms with Gasteiger partial charge < -0.3 is 20.5 Å². The van der Waals surface area contributed by atoms with Crippen molar-refractivity contribution in [2.24, 2.45) is 11.8 Å². The van der Waals surface area contributed by atoms with E-state index in [-0.39, 0.29) is 32.6 Å². The summed E-state index contributed by atoms with van der Waals surface area (Å²) >= 11 is 12.3. The van der Waals surface area contributed by atoms with Gasteiger partial charge in [0.1, 0.15) is 5.92 Å². The maximum absolute atomic E-state index is 13.7. The SMILES string of the molecule is CC(=O)Nc1ccc(NC(=O)[C@H]2[C@@H](C(=O)O)C3(O[C@H]2c2ccc(Cl)c(Cl)c2)C(=O)c2ccccc2C3=O)cc1. The lowest BCUT2D eigenvalue weighted by atomic mass is 9.75. The van der Waals surface area contributed by atoms with E-state index in [1.165, 1.54) is 49.4 Å². The molecule has 0 saturated carbocycles. The highest BCUT2D eigenvalue weighted by Gasteiger charge is 2.71. The van der Waals surface area contributed by atoms with Crippen LogP contribution in [0.2, 0.25) is 10.0 Å². The smallest absolute Gasteiger partial charge is 0.311 e. The van der Waals surface area contributed by atoms with E-state index in [1.807, 2.05) is 0 Å². The number of benzene rings is 3. The molecule has 3 N–H and O–H groups in total. The summed E-state index contributed by atoms with van der Waals surface area (Å²) in [5, 5.41) is 16.0. The fraction of sp³-hybridized carbons (Fsp3) is 0.179. The number of Topliss-reactive ketones (excluding diaryl/α,β-unsaturated/α-hetero) is 2. The van der Waals surface area contributed by atoms with Gasteiger partial charge in [-0.2, -0.15) is 0 Å².